The van der Waals surface area contributed by atoms with Crippen LogP contribution in [0.25, 0.3) is 0 Å². The summed E-state index contributed by atoms with van der Waals surface area (Å²) in [6.45, 7) is 12.7. The van der Waals surface area contributed by atoms with E-state index >= 15 is 0 Å². The summed E-state index contributed by atoms with van der Waals surface area (Å²) in [7, 11) is 1.68. The third-order valence-electron chi connectivity index (χ3n) is 3.66. The lowest BCUT2D eigenvalue weighted by atomic mass is 10.2. The van der Waals surface area contributed by atoms with Crippen molar-refractivity contribution in [3.05, 3.63) is 48.2 Å². The quantitative estimate of drug-likeness (QED) is 0.485. The molecule has 1 fully saturated rings. The second-order valence-corrected chi connectivity index (χ2v) is 5.21. The molecule has 1 aliphatic rings. The van der Waals surface area contributed by atoms with E-state index < -0.39 is 0 Å². The Morgan fingerprint density at radius 2 is 1.92 bits per heavy atom. The molecule has 5 heteroatoms. The first-order chi connectivity index (χ1) is 11.7. The molecule has 0 aliphatic carbocycles. The van der Waals surface area contributed by atoms with E-state index in [1.807, 2.05) is 37.9 Å². The summed E-state index contributed by atoms with van der Waals surface area (Å²) in [6, 6.07) is 4.09. The van der Waals surface area contributed by atoms with Gasteiger partial charge in [0.25, 0.3) is 5.91 Å². The van der Waals surface area contributed by atoms with Crippen LogP contribution in [-0.2, 0) is 4.79 Å². The van der Waals surface area contributed by atoms with Gasteiger partial charge in [-0.2, -0.15) is 0 Å². The zero-order chi connectivity index (χ0) is 17.9. The number of aliphatic imine (C=N–C) groups is 1. The first kappa shape index (κ1) is 19.6. The minimum Gasteiger partial charge on any atom is -0.353 e. The number of anilines is 1. The summed E-state index contributed by atoms with van der Waals surface area (Å²) in [6.07, 6.45) is 6.76. The number of aromatic nitrogens is 1. The first-order valence-electron chi connectivity index (χ1n) is 8.37. The molecule has 0 unspecified atom stereocenters. The van der Waals surface area contributed by atoms with E-state index in [0.29, 0.717) is 18.7 Å². The topological polar surface area (TPSA) is 48.8 Å². The van der Waals surface area contributed by atoms with Gasteiger partial charge in [0.05, 0.1) is 0 Å². The highest BCUT2D eigenvalue weighted by molar-refractivity contribution is 5.99. The Hall–Kier alpha value is -2.43. The van der Waals surface area contributed by atoms with E-state index in [4.69, 9.17) is 0 Å². The van der Waals surface area contributed by atoms with Crippen LogP contribution < -0.4 is 4.90 Å². The van der Waals surface area contributed by atoms with Crippen molar-refractivity contribution in [1.29, 1.82) is 0 Å². The van der Waals surface area contributed by atoms with Crippen LogP contribution in [0.2, 0.25) is 0 Å². The van der Waals surface area contributed by atoms with Gasteiger partial charge in [0.1, 0.15) is 5.82 Å². The number of hydrogen-bond donors (Lipinski definition) is 0. The highest BCUT2D eigenvalue weighted by Gasteiger charge is 2.22. The van der Waals surface area contributed by atoms with Gasteiger partial charge in [0.15, 0.2) is 0 Å². The average molecular weight is 328 g/mol. The van der Waals surface area contributed by atoms with Crippen molar-refractivity contribution in [2.24, 2.45) is 4.99 Å². The van der Waals surface area contributed by atoms with Crippen LogP contribution in [0.1, 0.15) is 19.4 Å². The summed E-state index contributed by atoms with van der Waals surface area (Å²) >= 11 is 0. The normalized spacial score (nSPS) is 15.1. The summed E-state index contributed by atoms with van der Waals surface area (Å²) in [5.41, 5.74) is 1.73. The minimum atomic E-state index is 0.00594. The van der Waals surface area contributed by atoms with E-state index in [1.165, 1.54) is 0 Å². The van der Waals surface area contributed by atoms with Crippen LogP contribution >= 0.6 is 0 Å². The Kier molecular flexibility index (Phi) is 8.47. The summed E-state index contributed by atoms with van der Waals surface area (Å²) in [5.74, 6) is 0.974. The van der Waals surface area contributed by atoms with E-state index in [2.05, 4.69) is 27.5 Å². The van der Waals surface area contributed by atoms with Gasteiger partial charge < -0.3 is 9.80 Å². The predicted octanol–water partition coefficient (Wildman–Crippen LogP) is 2.88. The van der Waals surface area contributed by atoms with Crippen LogP contribution in [-0.4, -0.2) is 55.2 Å². The van der Waals surface area contributed by atoms with Crippen molar-refractivity contribution < 1.29 is 4.79 Å². The van der Waals surface area contributed by atoms with Gasteiger partial charge in [-0.15, -0.1) is 0 Å². The van der Waals surface area contributed by atoms with E-state index in [1.54, 1.807) is 25.4 Å². The Morgan fingerprint density at radius 1 is 1.25 bits per heavy atom. The summed E-state index contributed by atoms with van der Waals surface area (Å²) in [4.78, 5) is 24.8. The molecule has 0 saturated carbocycles. The number of hydrogen-bond acceptors (Lipinski definition) is 4. The van der Waals surface area contributed by atoms with Crippen molar-refractivity contribution in [3.8, 4) is 0 Å². The van der Waals surface area contributed by atoms with E-state index in [9.17, 15) is 4.79 Å². The van der Waals surface area contributed by atoms with Crippen LogP contribution in [0.15, 0.2) is 47.6 Å². The molecule has 0 radical (unpaired) electrons. The molecule has 0 bridgehead atoms. The number of allylic oxidation sites excluding steroid dienone is 1. The lowest BCUT2D eigenvalue weighted by Gasteiger charge is -2.35. The number of carbonyl (C=O) groups is 1. The number of nitrogens with zero attached hydrogens (tertiary/aromatic N) is 4. The Morgan fingerprint density at radius 3 is 2.42 bits per heavy atom. The maximum absolute atomic E-state index is 12.4. The maximum atomic E-state index is 12.4. The third-order valence-corrected chi connectivity index (χ3v) is 3.66. The van der Waals surface area contributed by atoms with Crippen LogP contribution in [0.4, 0.5) is 5.82 Å². The zero-order valence-electron chi connectivity index (χ0n) is 15.2. The Labute approximate surface area is 145 Å². The first-order valence-corrected chi connectivity index (χ1v) is 8.37. The molecule has 0 atom stereocenters. The second kappa shape index (κ2) is 10.4. The van der Waals surface area contributed by atoms with Crippen molar-refractivity contribution in [3.63, 3.8) is 0 Å². The molecule has 130 valence electrons. The van der Waals surface area contributed by atoms with E-state index in [0.717, 1.165) is 24.5 Å². The zero-order valence-corrected chi connectivity index (χ0v) is 15.2. The van der Waals surface area contributed by atoms with Gasteiger partial charge in [0, 0.05) is 51.2 Å². The molecule has 1 aromatic heterocycles. The van der Waals surface area contributed by atoms with Crippen molar-refractivity contribution >= 4 is 17.9 Å². The predicted molar refractivity (Wildman–Crippen MR) is 102 cm³/mol. The molecule has 2 heterocycles. The molecule has 1 aliphatic heterocycles. The number of piperazine rings is 1. The molecule has 0 aromatic carbocycles. The lowest BCUT2D eigenvalue weighted by molar-refractivity contribution is -0.127. The molecule has 2 rings (SSSR count). The third kappa shape index (κ3) is 5.33. The molecule has 1 aromatic rings. The largest absolute Gasteiger partial charge is 0.353 e. The number of carbonyl (C=O) groups excluding carboxylic acids is 1. The van der Waals surface area contributed by atoms with Gasteiger partial charge in [0.2, 0.25) is 0 Å². The average Bonchev–Trinajstić information content (AvgIpc) is 2.64. The van der Waals surface area contributed by atoms with Crippen LogP contribution in [0.3, 0.4) is 0 Å². The lowest BCUT2D eigenvalue weighted by Crippen LogP contribution is -2.49. The van der Waals surface area contributed by atoms with Crippen LogP contribution in [0, 0.1) is 6.92 Å². The fourth-order valence-electron chi connectivity index (χ4n) is 2.35. The number of amides is 1. The van der Waals surface area contributed by atoms with Gasteiger partial charge in [-0.25, -0.2) is 4.98 Å². The molecule has 0 N–H and O–H groups in total. The van der Waals surface area contributed by atoms with Crippen molar-refractivity contribution in [2.45, 2.75) is 20.8 Å². The molecular formula is C19H28N4O. The van der Waals surface area contributed by atoms with Crippen molar-refractivity contribution in [2.75, 3.05) is 38.1 Å². The standard InChI is InChI=1S/C17H22N4O.C2H6/c1-4-15(7-8-18-3)17(22)21-11-9-20(10-12-21)16-6-5-14(2)13-19-16;1-2/h4-8,13H,1,9-12H2,2-3H3;1-2H3/b15-7+,18-8?;. The number of pyridine rings is 1. The van der Waals surface area contributed by atoms with Gasteiger partial charge in [-0.05, 0) is 24.6 Å². The van der Waals surface area contributed by atoms with E-state index in [-0.39, 0.29) is 5.91 Å². The summed E-state index contributed by atoms with van der Waals surface area (Å²) < 4.78 is 0. The van der Waals surface area contributed by atoms with Crippen molar-refractivity contribution in [1.82, 2.24) is 9.88 Å². The smallest absolute Gasteiger partial charge is 0.254 e. The monoisotopic (exact) mass is 328 g/mol. The number of aryl methyl sites for hydroxylation is 1. The van der Waals surface area contributed by atoms with Crippen LogP contribution in [0.5, 0.6) is 0 Å². The minimum absolute atomic E-state index is 0.00594. The molecule has 0 spiro atoms. The highest BCUT2D eigenvalue weighted by atomic mass is 16.2. The SMILES string of the molecule is C=C/C(=C\C=NC)C(=O)N1CCN(c2ccc(C)cn2)CC1.CC. The molecule has 24 heavy (non-hydrogen) atoms. The fourth-order valence-corrected chi connectivity index (χ4v) is 2.35. The fraction of sp³-hybridized carbons (Fsp3) is 0.421. The molecule has 1 amide bonds. The molecule has 1 saturated heterocycles. The molecule has 5 nitrogen and oxygen atoms in total. The Balaban J connectivity index is 0.00000139. The summed E-state index contributed by atoms with van der Waals surface area (Å²) in [5, 5.41) is 0. The highest BCUT2D eigenvalue weighted by Crippen LogP contribution is 2.15. The Bertz CT molecular complexity index is 582. The maximum Gasteiger partial charge on any atom is 0.254 e. The van der Waals surface area contributed by atoms with Gasteiger partial charge in [-0.1, -0.05) is 32.6 Å². The second-order valence-electron chi connectivity index (χ2n) is 5.21. The van der Waals surface area contributed by atoms with Gasteiger partial charge >= 0.3 is 0 Å². The molecular weight excluding hydrogens is 300 g/mol. The van der Waals surface area contributed by atoms with Gasteiger partial charge in [-0.3, -0.25) is 9.79 Å². The number of rotatable bonds is 4.